The molecule has 6 nitrogen and oxygen atoms in total. The minimum absolute atomic E-state index is 0.0334. The van der Waals surface area contributed by atoms with Crippen LogP contribution in [0.15, 0.2) is 42.6 Å². The smallest absolute Gasteiger partial charge is 0.272 e. The maximum atomic E-state index is 12.7. The summed E-state index contributed by atoms with van der Waals surface area (Å²) in [5.74, 6) is -0.535. The van der Waals surface area contributed by atoms with Crippen LogP contribution in [0.2, 0.25) is 0 Å². The van der Waals surface area contributed by atoms with Gasteiger partial charge in [-0.25, -0.2) is 0 Å². The second kappa shape index (κ2) is 9.62. The van der Waals surface area contributed by atoms with Gasteiger partial charge in [0.25, 0.3) is 11.8 Å². The van der Waals surface area contributed by atoms with Crippen LogP contribution in [0.3, 0.4) is 0 Å². The topological polar surface area (TPSA) is 79.4 Å². The Balaban J connectivity index is 2.14. The molecule has 2 aromatic rings. The molecule has 0 aliphatic rings. The first-order valence-corrected chi connectivity index (χ1v) is 9.14. The van der Waals surface area contributed by atoms with E-state index in [1.54, 1.807) is 35.2 Å². The van der Waals surface area contributed by atoms with Crippen LogP contribution >= 0.6 is 0 Å². The predicted octanol–water partition coefficient (Wildman–Crippen LogP) is 3.80. The second-order valence-electron chi connectivity index (χ2n) is 6.31. The van der Waals surface area contributed by atoms with Gasteiger partial charge in [0.15, 0.2) is 5.78 Å². The molecule has 1 heterocycles. The number of nitrogens with one attached hydrogen (secondary N) is 1. The zero-order valence-electron chi connectivity index (χ0n) is 16.0. The molecular formula is C21H25N3O3. The fraction of sp³-hybridized carbons (Fsp3) is 0.333. The molecule has 0 unspecified atom stereocenters. The summed E-state index contributed by atoms with van der Waals surface area (Å²) in [4.78, 5) is 42.4. The summed E-state index contributed by atoms with van der Waals surface area (Å²) in [7, 11) is 0. The normalized spacial score (nSPS) is 10.3. The summed E-state index contributed by atoms with van der Waals surface area (Å²) in [6.07, 6.45) is 3.20. The van der Waals surface area contributed by atoms with E-state index in [1.165, 1.54) is 19.2 Å². The number of carbonyl (C=O) groups excluding carboxylic acids is 3. The number of ketones is 1. The Morgan fingerprint density at radius 2 is 1.59 bits per heavy atom. The fourth-order valence-corrected chi connectivity index (χ4v) is 2.70. The van der Waals surface area contributed by atoms with E-state index < -0.39 is 0 Å². The standard InChI is InChI=1S/C21H25N3O3/c1-4-12-24(13-5-2)21(27)19-14-17(10-11-22-19)20(26)23-18-8-6-16(7-9-18)15(3)25/h6-11,14H,4-5,12-13H2,1-3H3,(H,23,26). The Morgan fingerprint density at radius 3 is 2.15 bits per heavy atom. The van der Waals surface area contributed by atoms with E-state index in [-0.39, 0.29) is 23.3 Å². The van der Waals surface area contributed by atoms with Crippen molar-refractivity contribution in [1.29, 1.82) is 0 Å². The second-order valence-corrected chi connectivity index (χ2v) is 6.31. The third-order valence-corrected chi connectivity index (χ3v) is 4.06. The van der Waals surface area contributed by atoms with Crippen molar-refractivity contribution in [3.05, 3.63) is 59.4 Å². The molecule has 1 aromatic heterocycles. The van der Waals surface area contributed by atoms with Crippen LogP contribution in [-0.4, -0.2) is 40.6 Å². The number of amides is 2. The summed E-state index contributed by atoms with van der Waals surface area (Å²) in [5, 5.41) is 2.77. The van der Waals surface area contributed by atoms with Gasteiger partial charge in [-0.1, -0.05) is 13.8 Å². The van der Waals surface area contributed by atoms with Gasteiger partial charge in [0.2, 0.25) is 0 Å². The Hall–Kier alpha value is -3.02. The monoisotopic (exact) mass is 367 g/mol. The van der Waals surface area contributed by atoms with Crippen LogP contribution in [-0.2, 0) is 0 Å². The van der Waals surface area contributed by atoms with Gasteiger partial charge in [-0.3, -0.25) is 19.4 Å². The highest BCUT2D eigenvalue weighted by molar-refractivity contribution is 6.06. The van der Waals surface area contributed by atoms with Crippen LogP contribution in [0.5, 0.6) is 0 Å². The minimum atomic E-state index is -0.334. The average molecular weight is 367 g/mol. The van der Waals surface area contributed by atoms with E-state index in [4.69, 9.17) is 0 Å². The van der Waals surface area contributed by atoms with Crippen molar-refractivity contribution in [3.63, 3.8) is 0 Å². The summed E-state index contributed by atoms with van der Waals surface area (Å²) >= 11 is 0. The molecule has 0 aliphatic heterocycles. The molecule has 0 saturated carbocycles. The molecule has 27 heavy (non-hydrogen) atoms. The van der Waals surface area contributed by atoms with Gasteiger partial charge in [-0.15, -0.1) is 0 Å². The van der Waals surface area contributed by atoms with E-state index in [0.29, 0.717) is 29.9 Å². The van der Waals surface area contributed by atoms with Crippen LogP contribution < -0.4 is 5.32 Å². The van der Waals surface area contributed by atoms with Crippen LogP contribution in [0.25, 0.3) is 0 Å². The number of hydrogen-bond donors (Lipinski definition) is 1. The van der Waals surface area contributed by atoms with E-state index in [2.05, 4.69) is 10.3 Å². The number of hydrogen-bond acceptors (Lipinski definition) is 4. The van der Waals surface area contributed by atoms with E-state index in [9.17, 15) is 14.4 Å². The maximum Gasteiger partial charge on any atom is 0.272 e. The fourth-order valence-electron chi connectivity index (χ4n) is 2.70. The van der Waals surface area contributed by atoms with Crippen molar-refractivity contribution in [1.82, 2.24) is 9.88 Å². The number of carbonyl (C=O) groups is 3. The van der Waals surface area contributed by atoms with Crippen molar-refractivity contribution in [2.24, 2.45) is 0 Å². The van der Waals surface area contributed by atoms with Crippen molar-refractivity contribution in [3.8, 4) is 0 Å². The van der Waals surface area contributed by atoms with Gasteiger partial charge in [0.1, 0.15) is 5.69 Å². The number of rotatable bonds is 8. The molecule has 0 atom stereocenters. The van der Waals surface area contributed by atoms with E-state index in [1.807, 2.05) is 13.8 Å². The molecule has 2 rings (SSSR count). The number of nitrogens with zero attached hydrogens (tertiary/aromatic N) is 2. The Labute approximate surface area is 159 Å². The highest BCUT2D eigenvalue weighted by Gasteiger charge is 2.17. The minimum Gasteiger partial charge on any atom is -0.337 e. The first-order chi connectivity index (χ1) is 13.0. The lowest BCUT2D eigenvalue weighted by molar-refractivity contribution is 0.0749. The Kier molecular flexibility index (Phi) is 7.23. The summed E-state index contributed by atoms with van der Waals surface area (Å²) < 4.78 is 0. The van der Waals surface area contributed by atoms with E-state index >= 15 is 0 Å². The quantitative estimate of drug-likeness (QED) is 0.720. The number of benzene rings is 1. The molecule has 1 aromatic carbocycles. The highest BCUT2D eigenvalue weighted by Crippen LogP contribution is 2.13. The molecule has 0 bridgehead atoms. The highest BCUT2D eigenvalue weighted by atomic mass is 16.2. The lowest BCUT2D eigenvalue weighted by Crippen LogP contribution is -2.33. The summed E-state index contributed by atoms with van der Waals surface area (Å²) in [5.41, 5.74) is 1.78. The number of aromatic nitrogens is 1. The van der Waals surface area contributed by atoms with Gasteiger partial charge in [0, 0.05) is 36.1 Å². The SMILES string of the molecule is CCCN(CCC)C(=O)c1cc(C(=O)Nc2ccc(C(C)=O)cc2)ccn1. The third-order valence-electron chi connectivity index (χ3n) is 4.06. The largest absolute Gasteiger partial charge is 0.337 e. The number of Topliss-reactive ketones (excluding diaryl/α,β-unsaturated/α-hetero) is 1. The van der Waals surface area contributed by atoms with Gasteiger partial charge < -0.3 is 10.2 Å². The van der Waals surface area contributed by atoms with Crippen molar-refractivity contribution in [2.75, 3.05) is 18.4 Å². The molecule has 1 N–H and O–H groups in total. The molecule has 0 radical (unpaired) electrons. The van der Waals surface area contributed by atoms with E-state index in [0.717, 1.165) is 12.8 Å². The Bertz CT molecular complexity index is 810. The number of anilines is 1. The van der Waals surface area contributed by atoms with Gasteiger partial charge in [-0.2, -0.15) is 0 Å². The zero-order chi connectivity index (χ0) is 19.8. The van der Waals surface area contributed by atoms with Crippen LogP contribution in [0, 0.1) is 0 Å². The molecule has 0 aliphatic carbocycles. The van der Waals surface area contributed by atoms with Crippen molar-refractivity contribution >= 4 is 23.3 Å². The lowest BCUT2D eigenvalue weighted by Gasteiger charge is -2.21. The molecule has 0 fully saturated rings. The molecule has 0 spiro atoms. The molecular weight excluding hydrogens is 342 g/mol. The van der Waals surface area contributed by atoms with Crippen LogP contribution in [0.1, 0.15) is 64.8 Å². The first kappa shape index (κ1) is 20.3. The maximum absolute atomic E-state index is 12.7. The molecule has 142 valence electrons. The lowest BCUT2D eigenvalue weighted by atomic mass is 10.1. The predicted molar refractivity (Wildman–Crippen MR) is 105 cm³/mol. The number of pyridine rings is 1. The Morgan fingerprint density at radius 1 is 0.963 bits per heavy atom. The van der Waals surface area contributed by atoms with Crippen molar-refractivity contribution < 1.29 is 14.4 Å². The molecule has 6 heteroatoms. The molecule has 2 amide bonds. The first-order valence-electron chi connectivity index (χ1n) is 9.14. The summed E-state index contributed by atoms with van der Waals surface area (Å²) in [6.45, 7) is 6.85. The van der Waals surface area contributed by atoms with Gasteiger partial charge in [0.05, 0.1) is 0 Å². The van der Waals surface area contributed by atoms with Gasteiger partial charge >= 0.3 is 0 Å². The third kappa shape index (κ3) is 5.48. The molecule has 0 saturated heterocycles. The average Bonchev–Trinajstić information content (AvgIpc) is 2.67. The zero-order valence-corrected chi connectivity index (χ0v) is 16.0. The van der Waals surface area contributed by atoms with Crippen LogP contribution in [0.4, 0.5) is 5.69 Å². The van der Waals surface area contributed by atoms with Crippen molar-refractivity contribution in [2.45, 2.75) is 33.6 Å². The van der Waals surface area contributed by atoms with Gasteiger partial charge in [-0.05, 0) is 56.2 Å². The summed E-state index contributed by atoms with van der Waals surface area (Å²) in [6, 6.07) is 9.75.